The molecule has 0 heterocycles. The first-order valence-electron chi connectivity index (χ1n) is 7.57. The summed E-state index contributed by atoms with van der Waals surface area (Å²) in [5.74, 6) is -0.630. The maximum absolute atomic E-state index is 13.8. The fourth-order valence-electron chi connectivity index (χ4n) is 2.39. The van der Waals surface area contributed by atoms with E-state index in [-0.39, 0.29) is 17.6 Å². The Kier molecular flexibility index (Phi) is 5.17. The van der Waals surface area contributed by atoms with Crippen LogP contribution < -0.4 is 10.6 Å². The molecule has 116 valence electrons. The summed E-state index contributed by atoms with van der Waals surface area (Å²) < 4.78 is 13.8. The molecule has 0 radical (unpaired) electrons. The predicted octanol–water partition coefficient (Wildman–Crippen LogP) is 2.47. The average Bonchev–Trinajstić information content (AvgIpc) is 3.30. The first kappa shape index (κ1) is 15.8. The van der Waals surface area contributed by atoms with Crippen LogP contribution in [0.3, 0.4) is 0 Å². The highest BCUT2D eigenvalue weighted by Crippen LogP contribution is 2.26. The molecular weight excluding hydrogens is 269 g/mol. The van der Waals surface area contributed by atoms with Crippen LogP contribution in [0.25, 0.3) is 0 Å². The molecule has 21 heavy (non-hydrogen) atoms. The number of amides is 1. The largest absolute Gasteiger partial charge is 0.382 e. The van der Waals surface area contributed by atoms with E-state index in [2.05, 4.69) is 29.5 Å². The van der Waals surface area contributed by atoms with Gasteiger partial charge in [-0.25, -0.2) is 4.39 Å². The van der Waals surface area contributed by atoms with Crippen molar-refractivity contribution in [2.75, 3.05) is 25.5 Å². The Labute approximate surface area is 125 Å². The molecule has 1 unspecified atom stereocenters. The number of likely N-dealkylation sites (N-methyl/N-ethyl adjacent to an activating group) is 1. The van der Waals surface area contributed by atoms with Crippen molar-refractivity contribution in [1.29, 1.82) is 0 Å². The minimum absolute atomic E-state index is 0.235. The van der Waals surface area contributed by atoms with Gasteiger partial charge in [-0.1, -0.05) is 6.07 Å². The zero-order valence-corrected chi connectivity index (χ0v) is 12.9. The first-order valence-corrected chi connectivity index (χ1v) is 7.57. The fraction of sp³-hybridized carbons (Fsp3) is 0.562. The molecule has 0 aliphatic heterocycles. The maximum atomic E-state index is 13.8. The van der Waals surface area contributed by atoms with Gasteiger partial charge in [-0.3, -0.25) is 9.69 Å². The van der Waals surface area contributed by atoms with E-state index in [1.54, 1.807) is 12.1 Å². The summed E-state index contributed by atoms with van der Waals surface area (Å²) in [5.41, 5.74) is 0.638. The molecule has 5 heteroatoms. The van der Waals surface area contributed by atoms with Gasteiger partial charge in [0.1, 0.15) is 5.82 Å². The monoisotopic (exact) mass is 293 g/mol. The highest BCUT2D eigenvalue weighted by molar-refractivity contribution is 5.99. The van der Waals surface area contributed by atoms with Crippen LogP contribution in [0.4, 0.5) is 10.1 Å². The Balaban J connectivity index is 1.98. The number of anilines is 1. The van der Waals surface area contributed by atoms with Crippen LogP contribution in [0.1, 0.15) is 37.0 Å². The maximum Gasteiger partial charge on any atom is 0.253 e. The Morgan fingerprint density at radius 1 is 1.48 bits per heavy atom. The van der Waals surface area contributed by atoms with Crippen molar-refractivity contribution in [3.63, 3.8) is 0 Å². The summed E-state index contributed by atoms with van der Waals surface area (Å²) >= 11 is 0. The van der Waals surface area contributed by atoms with E-state index in [0.29, 0.717) is 24.7 Å². The lowest BCUT2D eigenvalue weighted by atomic mass is 10.1. The van der Waals surface area contributed by atoms with Crippen LogP contribution in [-0.4, -0.2) is 43.0 Å². The number of nitrogens with one attached hydrogen (secondary N) is 2. The van der Waals surface area contributed by atoms with Crippen LogP contribution in [0.5, 0.6) is 0 Å². The van der Waals surface area contributed by atoms with Crippen LogP contribution in [0.2, 0.25) is 0 Å². The molecule has 0 bridgehead atoms. The van der Waals surface area contributed by atoms with Gasteiger partial charge in [-0.05, 0) is 45.9 Å². The molecule has 0 spiro atoms. The molecular formula is C16H24FN3O. The molecule has 1 amide bonds. The van der Waals surface area contributed by atoms with Crippen LogP contribution in [0, 0.1) is 5.82 Å². The minimum atomic E-state index is -0.396. The lowest BCUT2D eigenvalue weighted by molar-refractivity contribution is 0.0940. The minimum Gasteiger partial charge on any atom is -0.382 e. The third kappa shape index (κ3) is 3.94. The number of rotatable bonds is 7. The number of hydrogen-bond donors (Lipinski definition) is 2. The molecule has 1 aromatic carbocycles. The SMILES string of the molecule is CCNc1c(F)cccc1C(=O)NCC(C)N(C)C1CC1. The molecule has 4 nitrogen and oxygen atoms in total. The fourth-order valence-corrected chi connectivity index (χ4v) is 2.39. The van der Waals surface area contributed by atoms with Gasteiger partial charge in [0.25, 0.3) is 5.91 Å². The third-order valence-electron chi connectivity index (χ3n) is 3.99. The van der Waals surface area contributed by atoms with Gasteiger partial charge in [-0.15, -0.1) is 0 Å². The lowest BCUT2D eigenvalue weighted by Crippen LogP contribution is -2.41. The van der Waals surface area contributed by atoms with Gasteiger partial charge in [0.2, 0.25) is 0 Å². The summed E-state index contributed by atoms with van der Waals surface area (Å²) in [4.78, 5) is 14.6. The van der Waals surface area contributed by atoms with E-state index in [0.717, 1.165) is 0 Å². The van der Waals surface area contributed by atoms with E-state index < -0.39 is 5.82 Å². The van der Waals surface area contributed by atoms with Gasteiger partial charge in [0.15, 0.2) is 0 Å². The second-order valence-corrected chi connectivity index (χ2v) is 5.65. The standard InChI is InChI=1S/C16H24FN3O/c1-4-18-15-13(6-5-7-14(15)17)16(21)19-10-11(2)20(3)12-8-9-12/h5-7,11-12,18H,4,8-10H2,1-3H3,(H,19,21). The summed E-state index contributed by atoms with van der Waals surface area (Å²) in [6, 6.07) is 5.50. The highest BCUT2D eigenvalue weighted by atomic mass is 19.1. The first-order chi connectivity index (χ1) is 10.0. The van der Waals surface area contributed by atoms with E-state index in [9.17, 15) is 9.18 Å². The highest BCUT2D eigenvalue weighted by Gasteiger charge is 2.29. The van der Waals surface area contributed by atoms with Gasteiger partial charge in [0, 0.05) is 25.2 Å². The molecule has 0 saturated heterocycles. The lowest BCUT2D eigenvalue weighted by Gasteiger charge is -2.24. The van der Waals surface area contributed by atoms with Gasteiger partial charge in [0.05, 0.1) is 11.3 Å². The Morgan fingerprint density at radius 2 is 2.19 bits per heavy atom. The number of nitrogens with zero attached hydrogens (tertiary/aromatic N) is 1. The van der Waals surface area contributed by atoms with Crippen molar-refractivity contribution in [3.05, 3.63) is 29.6 Å². The van der Waals surface area contributed by atoms with Crippen molar-refractivity contribution in [1.82, 2.24) is 10.2 Å². The summed E-state index contributed by atoms with van der Waals surface area (Å²) in [5, 5.41) is 5.82. The quantitative estimate of drug-likeness (QED) is 0.812. The van der Waals surface area contributed by atoms with E-state index >= 15 is 0 Å². The van der Waals surface area contributed by atoms with Crippen molar-refractivity contribution >= 4 is 11.6 Å². The van der Waals surface area contributed by atoms with E-state index in [4.69, 9.17) is 0 Å². The Bertz CT molecular complexity index is 502. The van der Waals surface area contributed by atoms with Crippen LogP contribution in [0.15, 0.2) is 18.2 Å². The average molecular weight is 293 g/mol. The summed E-state index contributed by atoms with van der Waals surface area (Å²) in [7, 11) is 2.08. The molecule has 1 aromatic rings. The van der Waals surface area contributed by atoms with Crippen molar-refractivity contribution in [2.24, 2.45) is 0 Å². The summed E-state index contributed by atoms with van der Waals surface area (Å²) in [6.45, 7) is 5.10. The zero-order valence-electron chi connectivity index (χ0n) is 12.9. The third-order valence-corrected chi connectivity index (χ3v) is 3.99. The van der Waals surface area contributed by atoms with Crippen molar-refractivity contribution in [3.8, 4) is 0 Å². The van der Waals surface area contributed by atoms with E-state index in [1.807, 2.05) is 6.92 Å². The second kappa shape index (κ2) is 6.89. The molecule has 1 saturated carbocycles. The van der Waals surface area contributed by atoms with Gasteiger partial charge < -0.3 is 10.6 Å². The second-order valence-electron chi connectivity index (χ2n) is 5.65. The molecule has 0 aromatic heterocycles. The Morgan fingerprint density at radius 3 is 2.81 bits per heavy atom. The topological polar surface area (TPSA) is 44.4 Å². The number of para-hydroxylation sites is 1. The van der Waals surface area contributed by atoms with E-state index in [1.165, 1.54) is 18.9 Å². The smallest absolute Gasteiger partial charge is 0.253 e. The Hall–Kier alpha value is -1.62. The van der Waals surface area contributed by atoms with Gasteiger partial charge in [-0.2, -0.15) is 0 Å². The summed E-state index contributed by atoms with van der Waals surface area (Å²) in [6.07, 6.45) is 2.48. The van der Waals surface area contributed by atoms with Crippen molar-refractivity contribution in [2.45, 2.75) is 38.8 Å². The normalized spacial score (nSPS) is 15.9. The number of carbonyl (C=O) groups excluding carboxylic acids is 1. The van der Waals surface area contributed by atoms with Gasteiger partial charge >= 0.3 is 0 Å². The number of hydrogen-bond acceptors (Lipinski definition) is 3. The zero-order chi connectivity index (χ0) is 15.4. The number of halogens is 1. The molecule has 1 aliphatic rings. The molecule has 1 aliphatic carbocycles. The molecule has 1 fully saturated rings. The molecule has 2 rings (SSSR count). The van der Waals surface area contributed by atoms with Crippen LogP contribution in [-0.2, 0) is 0 Å². The number of benzene rings is 1. The van der Waals surface area contributed by atoms with Crippen molar-refractivity contribution < 1.29 is 9.18 Å². The van der Waals surface area contributed by atoms with Crippen LogP contribution >= 0.6 is 0 Å². The number of carbonyl (C=O) groups is 1. The predicted molar refractivity (Wildman–Crippen MR) is 83.1 cm³/mol. The molecule has 2 N–H and O–H groups in total. The molecule has 1 atom stereocenters.